The molecular formula is C26H26ClNO3S. The van der Waals surface area contributed by atoms with Gasteiger partial charge in [0.25, 0.3) is 0 Å². The van der Waals surface area contributed by atoms with Crippen LogP contribution in [0.1, 0.15) is 23.6 Å². The van der Waals surface area contributed by atoms with Crippen LogP contribution >= 0.6 is 24.2 Å². The van der Waals surface area contributed by atoms with Crippen molar-refractivity contribution in [2.24, 2.45) is 5.73 Å². The first-order chi connectivity index (χ1) is 15.6. The molecule has 0 amide bonds. The van der Waals surface area contributed by atoms with Crippen molar-refractivity contribution in [3.05, 3.63) is 88.6 Å². The molecule has 0 aliphatic carbocycles. The normalized spacial score (nSPS) is 12.2. The summed E-state index contributed by atoms with van der Waals surface area (Å²) in [5.41, 5.74) is 11.5. The molecule has 1 aromatic heterocycles. The quantitative estimate of drug-likeness (QED) is 0.214. The van der Waals surface area contributed by atoms with Gasteiger partial charge in [-0.05, 0) is 65.0 Å². The molecule has 0 radical (unpaired) electrons. The molecule has 1 atom stereocenters. The van der Waals surface area contributed by atoms with E-state index in [0.29, 0.717) is 31.4 Å². The Morgan fingerprint density at radius 3 is 2.69 bits per heavy atom. The van der Waals surface area contributed by atoms with Gasteiger partial charge in [-0.25, -0.2) is 0 Å². The van der Waals surface area contributed by atoms with Crippen LogP contribution in [-0.2, 0) is 24.3 Å². The van der Waals surface area contributed by atoms with Gasteiger partial charge in [0.2, 0.25) is 0 Å². The third-order valence-corrected chi connectivity index (χ3v) is 5.76. The fourth-order valence-corrected chi connectivity index (χ4v) is 4.30. The van der Waals surface area contributed by atoms with Crippen LogP contribution in [0.5, 0.6) is 5.75 Å². The minimum Gasteiger partial charge on any atom is -0.489 e. The number of para-hydroxylation sites is 1. The summed E-state index contributed by atoms with van der Waals surface area (Å²) in [6.07, 6.45) is 0.667. The van der Waals surface area contributed by atoms with Gasteiger partial charge in [-0.15, -0.1) is 12.6 Å². The van der Waals surface area contributed by atoms with E-state index < -0.39 is 0 Å². The minimum absolute atomic E-state index is 0.171. The fraction of sp³-hybridized carbons (Fsp3) is 0.231. The Morgan fingerprint density at radius 1 is 1.03 bits per heavy atom. The summed E-state index contributed by atoms with van der Waals surface area (Å²) in [4.78, 5) is 0. The Kier molecular flexibility index (Phi) is 7.43. The molecule has 32 heavy (non-hydrogen) atoms. The van der Waals surface area contributed by atoms with Gasteiger partial charge in [0.15, 0.2) is 5.22 Å². The Hall–Kier alpha value is -2.44. The number of hydrogen-bond donors (Lipinski definition) is 2. The van der Waals surface area contributed by atoms with Crippen LogP contribution in [-0.4, -0.2) is 12.0 Å². The second-order valence-corrected chi connectivity index (χ2v) is 8.48. The van der Waals surface area contributed by atoms with Gasteiger partial charge < -0.3 is 19.6 Å². The lowest BCUT2D eigenvalue weighted by atomic mass is 9.99. The molecule has 0 saturated carbocycles. The van der Waals surface area contributed by atoms with E-state index in [1.165, 1.54) is 0 Å². The van der Waals surface area contributed by atoms with Crippen LogP contribution in [0.15, 0.2) is 71.1 Å². The molecule has 4 aromatic rings. The largest absolute Gasteiger partial charge is 0.489 e. The maximum Gasteiger partial charge on any atom is 0.194 e. The zero-order valence-electron chi connectivity index (χ0n) is 17.9. The number of halogens is 1. The number of hydrogen-bond acceptors (Lipinski definition) is 5. The van der Waals surface area contributed by atoms with Crippen LogP contribution in [0.25, 0.3) is 22.1 Å². The predicted octanol–water partition coefficient (Wildman–Crippen LogP) is 6.63. The molecule has 0 bridgehead atoms. The Balaban J connectivity index is 1.64. The van der Waals surface area contributed by atoms with Crippen molar-refractivity contribution in [2.75, 3.05) is 6.61 Å². The van der Waals surface area contributed by atoms with E-state index in [1.807, 2.05) is 61.5 Å². The van der Waals surface area contributed by atoms with Gasteiger partial charge in [-0.1, -0.05) is 36.4 Å². The molecule has 4 nitrogen and oxygen atoms in total. The highest BCUT2D eigenvalue weighted by molar-refractivity contribution is 7.80. The van der Waals surface area contributed by atoms with Gasteiger partial charge in [0.1, 0.15) is 23.4 Å². The smallest absolute Gasteiger partial charge is 0.194 e. The summed E-state index contributed by atoms with van der Waals surface area (Å²) < 4.78 is 17.6. The second kappa shape index (κ2) is 10.5. The first kappa shape index (κ1) is 22.7. The van der Waals surface area contributed by atoms with Crippen molar-refractivity contribution in [1.29, 1.82) is 0 Å². The average Bonchev–Trinajstić information content (AvgIpc) is 3.18. The highest BCUT2D eigenvalue weighted by Gasteiger charge is 2.14. The molecule has 0 aliphatic heterocycles. The SMILES string of the molecule is CCOC(S)Cc1ccccc1OCc1cc(-c2cccc(CN)c2)c2oc(Cl)cc2c1. The predicted molar refractivity (Wildman–Crippen MR) is 133 cm³/mol. The monoisotopic (exact) mass is 467 g/mol. The van der Waals surface area contributed by atoms with Crippen LogP contribution in [0.3, 0.4) is 0 Å². The summed E-state index contributed by atoms with van der Waals surface area (Å²) in [6.45, 7) is 3.47. The van der Waals surface area contributed by atoms with Crippen molar-refractivity contribution < 1.29 is 13.9 Å². The van der Waals surface area contributed by atoms with Gasteiger partial charge in [-0.3, -0.25) is 0 Å². The molecular weight excluding hydrogens is 442 g/mol. The number of thiol groups is 1. The number of nitrogens with two attached hydrogens (primary N) is 1. The molecule has 4 rings (SSSR count). The number of rotatable bonds is 9. The van der Waals surface area contributed by atoms with E-state index in [-0.39, 0.29) is 5.44 Å². The molecule has 1 unspecified atom stereocenters. The molecule has 6 heteroatoms. The summed E-state index contributed by atoms with van der Waals surface area (Å²) in [7, 11) is 0. The van der Waals surface area contributed by atoms with E-state index >= 15 is 0 Å². The lowest BCUT2D eigenvalue weighted by Crippen LogP contribution is -2.10. The van der Waals surface area contributed by atoms with Crippen molar-refractivity contribution in [3.8, 4) is 16.9 Å². The highest BCUT2D eigenvalue weighted by Crippen LogP contribution is 2.35. The molecule has 0 spiro atoms. The fourth-order valence-electron chi connectivity index (χ4n) is 3.76. The van der Waals surface area contributed by atoms with Crippen molar-refractivity contribution in [2.45, 2.75) is 31.9 Å². The summed E-state index contributed by atoms with van der Waals surface area (Å²) in [5, 5.41) is 1.29. The molecule has 0 saturated heterocycles. The molecule has 0 aliphatic rings. The minimum atomic E-state index is -0.171. The molecule has 3 aromatic carbocycles. The van der Waals surface area contributed by atoms with E-state index in [2.05, 4.69) is 24.8 Å². The van der Waals surface area contributed by atoms with E-state index in [9.17, 15) is 0 Å². The van der Waals surface area contributed by atoms with Crippen molar-refractivity contribution >= 4 is 35.2 Å². The number of furan rings is 1. The summed E-state index contributed by atoms with van der Waals surface area (Å²) in [6, 6.07) is 22.1. The van der Waals surface area contributed by atoms with Gasteiger partial charge in [0.05, 0.1) is 0 Å². The Labute approximate surface area is 198 Å². The molecule has 1 heterocycles. The standard InChI is InChI=1S/C26H26ClNO3S/c1-2-29-25(32)14-20-7-3-4-9-23(20)30-16-18-11-21-13-24(27)31-26(21)22(12-18)19-8-5-6-17(10-19)15-28/h3-13,25,32H,2,14-16,28H2,1H3. The Bertz CT molecular complexity index is 1210. The van der Waals surface area contributed by atoms with Crippen LogP contribution in [0, 0.1) is 0 Å². The number of ether oxygens (including phenoxy) is 2. The number of fused-ring (bicyclic) bond motifs is 1. The lowest BCUT2D eigenvalue weighted by Gasteiger charge is -2.15. The topological polar surface area (TPSA) is 57.6 Å². The van der Waals surface area contributed by atoms with Crippen LogP contribution in [0.4, 0.5) is 0 Å². The zero-order valence-corrected chi connectivity index (χ0v) is 19.5. The zero-order chi connectivity index (χ0) is 22.5. The maximum atomic E-state index is 6.22. The first-order valence-corrected chi connectivity index (χ1v) is 11.5. The average molecular weight is 468 g/mol. The van der Waals surface area contributed by atoms with Crippen LogP contribution in [0.2, 0.25) is 5.22 Å². The first-order valence-electron chi connectivity index (χ1n) is 10.6. The summed E-state index contributed by atoms with van der Waals surface area (Å²) in [5.74, 6) is 0.822. The molecule has 0 fully saturated rings. The third-order valence-electron chi connectivity index (χ3n) is 5.24. The number of benzene rings is 3. The van der Waals surface area contributed by atoms with Gasteiger partial charge >= 0.3 is 0 Å². The van der Waals surface area contributed by atoms with Crippen LogP contribution < -0.4 is 10.5 Å². The van der Waals surface area contributed by atoms with Gasteiger partial charge in [0, 0.05) is 36.6 Å². The van der Waals surface area contributed by atoms with E-state index in [0.717, 1.165) is 44.5 Å². The van der Waals surface area contributed by atoms with Crippen molar-refractivity contribution in [1.82, 2.24) is 0 Å². The molecule has 2 N–H and O–H groups in total. The lowest BCUT2D eigenvalue weighted by molar-refractivity contribution is 0.126. The van der Waals surface area contributed by atoms with Gasteiger partial charge in [-0.2, -0.15) is 0 Å². The Morgan fingerprint density at radius 2 is 1.88 bits per heavy atom. The van der Waals surface area contributed by atoms with E-state index in [4.69, 9.17) is 31.2 Å². The highest BCUT2D eigenvalue weighted by atomic mass is 35.5. The van der Waals surface area contributed by atoms with E-state index in [1.54, 1.807) is 0 Å². The maximum absolute atomic E-state index is 6.22. The van der Waals surface area contributed by atoms with Crippen molar-refractivity contribution in [3.63, 3.8) is 0 Å². The second-order valence-electron chi connectivity index (χ2n) is 7.53. The molecule has 166 valence electrons. The third kappa shape index (κ3) is 5.30. The summed E-state index contributed by atoms with van der Waals surface area (Å²) >= 11 is 10.7.